The van der Waals surface area contributed by atoms with Crippen LogP contribution in [0, 0.1) is 0 Å². The number of ketones is 1. The van der Waals surface area contributed by atoms with Crippen LogP contribution in [0.2, 0.25) is 10.0 Å². The van der Waals surface area contributed by atoms with E-state index < -0.39 is 12.1 Å². The van der Waals surface area contributed by atoms with E-state index in [-0.39, 0.29) is 33.6 Å². The lowest BCUT2D eigenvalue weighted by molar-refractivity contribution is -0.145. The van der Waals surface area contributed by atoms with Gasteiger partial charge in [0.05, 0.1) is 9.90 Å². The van der Waals surface area contributed by atoms with E-state index >= 15 is 0 Å². The maximum absolute atomic E-state index is 12.3. The molecule has 7 heteroatoms. The first-order valence-electron chi connectivity index (χ1n) is 6.41. The molecule has 0 amide bonds. The van der Waals surface area contributed by atoms with Crippen LogP contribution in [0.25, 0.3) is 0 Å². The van der Waals surface area contributed by atoms with Gasteiger partial charge in [0.15, 0.2) is 6.10 Å². The van der Waals surface area contributed by atoms with Crippen molar-refractivity contribution >= 4 is 46.3 Å². The summed E-state index contributed by atoms with van der Waals surface area (Å²) in [7, 11) is 0. The highest BCUT2D eigenvalue weighted by atomic mass is 35.5. The maximum atomic E-state index is 12.3. The van der Waals surface area contributed by atoms with Gasteiger partial charge < -0.3 is 9.84 Å². The molecule has 22 heavy (non-hydrogen) atoms. The Kier molecular flexibility index (Phi) is 5.45. The molecule has 0 bridgehead atoms. The number of carboxylic acid groups (broad SMARTS) is 1. The minimum absolute atomic E-state index is 0.0313. The summed E-state index contributed by atoms with van der Waals surface area (Å²) in [5, 5.41) is 10.9. The van der Waals surface area contributed by atoms with Crippen LogP contribution in [-0.4, -0.2) is 23.0 Å². The van der Waals surface area contributed by atoms with Gasteiger partial charge in [-0.2, -0.15) is 0 Å². The van der Waals surface area contributed by atoms with Gasteiger partial charge in [0.25, 0.3) is 0 Å². The van der Waals surface area contributed by atoms with Gasteiger partial charge in [0.2, 0.25) is 5.78 Å². The molecule has 4 nitrogen and oxygen atoms in total. The number of ether oxygens (including phenoxy) is 1. The first kappa shape index (κ1) is 16.8. The van der Waals surface area contributed by atoms with E-state index in [1.807, 2.05) is 0 Å². The van der Waals surface area contributed by atoms with Crippen molar-refractivity contribution in [3.63, 3.8) is 0 Å². The zero-order valence-corrected chi connectivity index (χ0v) is 13.8. The van der Waals surface area contributed by atoms with Crippen molar-refractivity contribution in [1.82, 2.24) is 0 Å². The van der Waals surface area contributed by atoms with Crippen LogP contribution >= 0.6 is 34.5 Å². The number of benzene rings is 1. The minimum Gasteiger partial charge on any atom is -0.479 e. The molecule has 0 aliphatic heterocycles. The number of hydrogen-bond donors (Lipinski definition) is 1. The largest absolute Gasteiger partial charge is 0.479 e. The molecule has 0 aliphatic rings. The molecule has 0 saturated heterocycles. The number of carbonyl (C=O) groups excluding carboxylic acids is 1. The monoisotopic (exact) mass is 358 g/mol. The van der Waals surface area contributed by atoms with Crippen LogP contribution in [-0.2, 0) is 4.79 Å². The molecular weight excluding hydrogens is 347 g/mol. The molecule has 1 aromatic carbocycles. The zero-order valence-electron chi connectivity index (χ0n) is 11.5. The number of carbonyl (C=O) groups is 2. The molecule has 1 aromatic heterocycles. The van der Waals surface area contributed by atoms with Gasteiger partial charge in [-0.15, -0.1) is 11.3 Å². The third-order valence-electron chi connectivity index (χ3n) is 2.95. The molecule has 1 atom stereocenters. The van der Waals surface area contributed by atoms with Crippen molar-refractivity contribution in [3.05, 3.63) is 50.1 Å². The third-order valence-corrected chi connectivity index (χ3v) is 4.69. The minimum atomic E-state index is -1.09. The van der Waals surface area contributed by atoms with Crippen molar-refractivity contribution in [2.24, 2.45) is 0 Å². The molecule has 1 heterocycles. The lowest BCUT2D eigenvalue weighted by Crippen LogP contribution is -2.26. The fraction of sp³-hybridized carbons (Fsp3) is 0.200. The van der Waals surface area contributed by atoms with Crippen molar-refractivity contribution in [1.29, 1.82) is 0 Å². The van der Waals surface area contributed by atoms with Crippen LogP contribution in [0.5, 0.6) is 5.75 Å². The van der Waals surface area contributed by atoms with E-state index in [2.05, 4.69) is 0 Å². The van der Waals surface area contributed by atoms with E-state index in [0.29, 0.717) is 4.88 Å². The molecule has 116 valence electrons. The lowest BCUT2D eigenvalue weighted by Gasteiger charge is -2.15. The average Bonchev–Trinajstić information content (AvgIpc) is 3.02. The highest BCUT2D eigenvalue weighted by Gasteiger charge is 2.22. The molecular formula is C15H12Cl2O4S. The molecule has 0 radical (unpaired) electrons. The average molecular weight is 359 g/mol. The summed E-state index contributed by atoms with van der Waals surface area (Å²) in [5.41, 5.74) is 0.254. The number of carboxylic acids is 1. The number of halogens is 2. The predicted molar refractivity (Wildman–Crippen MR) is 86.6 cm³/mol. The maximum Gasteiger partial charge on any atom is 0.344 e. The first-order chi connectivity index (χ1) is 10.5. The van der Waals surface area contributed by atoms with Crippen molar-refractivity contribution in [2.75, 3.05) is 0 Å². The molecule has 0 saturated carbocycles. The summed E-state index contributed by atoms with van der Waals surface area (Å²) in [4.78, 5) is 23.9. The lowest BCUT2D eigenvalue weighted by atomic mass is 10.1. The van der Waals surface area contributed by atoms with E-state index in [1.54, 1.807) is 24.4 Å². The van der Waals surface area contributed by atoms with Crippen molar-refractivity contribution in [2.45, 2.75) is 19.4 Å². The van der Waals surface area contributed by atoms with Gasteiger partial charge in [-0.25, -0.2) is 4.79 Å². The second-order valence-corrected chi connectivity index (χ2v) is 6.10. The second-order valence-electron chi connectivity index (χ2n) is 4.40. The summed E-state index contributed by atoms with van der Waals surface area (Å²) < 4.78 is 5.34. The number of aliphatic carboxylic acids is 1. The summed E-state index contributed by atoms with van der Waals surface area (Å²) in [6.45, 7) is 1.68. The quantitative estimate of drug-likeness (QED) is 0.770. The number of thiophene rings is 1. The van der Waals surface area contributed by atoms with Gasteiger partial charge in [0, 0.05) is 5.56 Å². The highest BCUT2D eigenvalue weighted by molar-refractivity contribution is 7.12. The van der Waals surface area contributed by atoms with E-state index in [0.717, 1.165) is 0 Å². The van der Waals surface area contributed by atoms with Crippen molar-refractivity contribution < 1.29 is 19.4 Å². The zero-order chi connectivity index (χ0) is 16.3. The predicted octanol–water partition coefficient (Wildman–Crippen LogP) is 4.53. The fourth-order valence-electron chi connectivity index (χ4n) is 1.80. The molecule has 2 aromatic rings. The van der Waals surface area contributed by atoms with Crippen molar-refractivity contribution in [3.8, 4) is 5.75 Å². The molecule has 1 N–H and O–H groups in total. The Labute approximate surface area is 141 Å². The van der Waals surface area contributed by atoms with Crippen LogP contribution in [0.1, 0.15) is 28.6 Å². The molecule has 1 unspecified atom stereocenters. The normalized spacial score (nSPS) is 12.0. The standard InChI is InChI=1S/C15H12Cl2O4S/c1-2-9(15(19)20)21-10-6-5-8(12(16)13(10)17)14(18)11-4-3-7-22-11/h3-7,9H,2H2,1H3,(H,19,20). The van der Waals surface area contributed by atoms with Gasteiger partial charge in [-0.3, -0.25) is 4.79 Å². The Bertz CT molecular complexity index is 698. The smallest absolute Gasteiger partial charge is 0.344 e. The van der Waals surface area contributed by atoms with Gasteiger partial charge in [-0.1, -0.05) is 36.2 Å². The molecule has 0 spiro atoms. The second kappa shape index (κ2) is 7.13. The summed E-state index contributed by atoms with van der Waals surface area (Å²) in [6, 6.07) is 6.41. The Balaban J connectivity index is 2.33. The van der Waals surface area contributed by atoms with Crippen LogP contribution < -0.4 is 4.74 Å². The van der Waals surface area contributed by atoms with E-state index in [1.165, 1.54) is 23.5 Å². The Morgan fingerprint density at radius 3 is 2.55 bits per heavy atom. The van der Waals surface area contributed by atoms with Crippen LogP contribution in [0.3, 0.4) is 0 Å². The summed E-state index contributed by atoms with van der Waals surface area (Å²) in [6.07, 6.45) is -0.744. The molecule has 0 aliphatic carbocycles. The van der Waals surface area contributed by atoms with E-state index in [4.69, 9.17) is 33.0 Å². The number of hydrogen-bond acceptors (Lipinski definition) is 4. The molecule has 0 fully saturated rings. The van der Waals surface area contributed by atoms with Crippen LogP contribution in [0.15, 0.2) is 29.6 Å². The number of rotatable bonds is 6. The Morgan fingerprint density at radius 2 is 2.00 bits per heavy atom. The molecule has 2 rings (SSSR count). The summed E-state index contributed by atoms with van der Waals surface area (Å²) >= 11 is 13.6. The first-order valence-corrected chi connectivity index (χ1v) is 8.05. The Hall–Kier alpha value is -1.56. The van der Waals surface area contributed by atoms with E-state index in [9.17, 15) is 9.59 Å². The van der Waals surface area contributed by atoms with Gasteiger partial charge in [-0.05, 0) is 30.0 Å². The highest BCUT2D eigenvalue weighted by Crippen LogP contribution is 2.36. The SMILES string of the molecule is CCC(Oc1ccc(C(=O)c2cccs2)c(Cl)c1Cl)C(=O)O. The topological polar surface area (TPSA) is 63.6 Å². The van der Waals surface area contributed by atoms with Gasteiger partial charge in [0.1, 0.15) is 10.8 Å². The third kappa shape index (κ3) is 3.43. The van der Waals surface area contributed by atoms with Crippen LogP contribution in [0.4, 0.5) is 0 Å². The van der Waals surface area contributed by atoms with Gasteiger partial charge >= 0.3 is 5.97 Å². The summed E-state index contributed by atoms with van der Waals surface area (Å²) in [5.74, 6) is -1.18. The Morgan fingerprint density at radius 1 is 1.27 bits per heavy atom. The fourth-order valence-corrected chi connectivity index (χ4v) is 2.93.